The summed E-state index contributed by atoms with van der Waals surface area (Å²) >= 11 is 1.31. The quantitative estimate of drug-likeness (QED) is 0.200. The predicted molar refractivity (Wildman–Crippen MR) is 173 cm³/mol. The number of benzene rings is 2. The Labute approximate surface area is 258 Å². The molecule has 43 heavy (non-hydrogen) atoms. The van der Waals surface area contributed by atoms with E-state index in [0.29, 0.717) is 23.0 Å². The molecule has 226 valence electrons. The number of nitrogens with one attached hydrogen (secondary N) is 2. The standard InChI is InChI=1S/C34H41N5O3S/c1-23-4-6-29(18-24(23)2)43-37-33(40)30-7-5-27(20-31(30)42-28-19-26-10-13-35-32(26)36-21-28)39-16-14-38(15-17-39)22-25-8-11-34(3,41)12-9-25/h4-7,10,13,18-21,25,41H,8-9,11-12,14-17,22H2,1-3H3,(H,35,36)(H,37,40). The molecule has 3 heterocycles. The minimum atomic E-state index is -0.486. The first-order valence-corrected chi connectivity index (χ1v) is 16.0. The predicted octanol–water partition coefficient (Wildman–Crippen LogP) is 6.47. The van der Waals surface area contributed by atoms with E-state index in [1.807, 2.05) is 49.5 Å². The van der Waals surface area contributed by atoms with Gasteiger partial charge in [-0.25, -0.2) is 4.98 Å². The van der Waals surface area contributed by atoms with Gasteiger partial charge in [0.15, 0.2) is 0 Å². The van der Waals surface area contributed by atoms with Crippen LogP contribution in [0.15, 0.2) is 65.8 Å². The molecule has 1 saturated heterocycles. The number of hydrogen-bond donors (Lipinski definition) is 3. The summed E-state index contributed by atoms with van der Waals surface area (Å²) in [4.78, 5) is 26.9. The number of hydrogen-bond acceptors (Lipinski definition) is 7. The number of ether oxygens (including phenoxy) is 1. The average Bonchev–Trinajstić information content (AvgIpc) is 3.47. The SMILES string of the molecule is Cc1ccc(SNC(=O)c2ccc(N3CCN(CC4CCC(C)(O)CC4)CC3)cc2Oc2cnc3[nH]ccc3c2)cc1C. The molecule has 0 atom stereocenters. The molecule has 1 amide bonds. The number of nitrogens with zero attached hydrogens (tertiary/aromatic N) is 3. The third-order valence-corrected chi connectivity index (χ3v) is 9.77. The monoisotopic (exact) mass is 599 g/mol. The lowest BCUT2D eigenvalue weighted by molar-refractivity contribution is 0.00264. The number of aliphatic hydroxyl groups is 1. The third kappa shape index (κ3) is 7.17. The van der Waals surface area contributed by atoms with Gasteiger partial charge in [-0.2, -0.15) is 0 Å². The normalized spacial score (nSPS) is 21.2. The lowest BCUT2D eigenvalue weighted by Gasteiger charge is -2.40. The Bertz CT molecular complexity index is 1580. The van der Waals surface area contributed by atoms with Crippen LogP contribution < -0.4 is 14.4 Å². The Balaban J connectivity index is 1.16. The van der Waals surface area contributed by atoms with E-state index in [2.05, 4.69) is 50.5 Å². The molecule has 3 N–H and O–H groups in total. The van der Waals surface area contributed by atoms with Crippen LogP contribution in [0.5, 0.6) is 11.5 Å². The highest BCUT2D eigenvalue weighted by Gasteiger charge is 2.30. The summed E-state index contributed by atoms with van der Waals surface area (Å²) in [6, 6.07) is 15.9. The van der Waals surface area contributed by atoms with Crippen molar-refractivity contribution in [2.45, 2.75) is 57.0 Å². The largest absolute Gasteiger partial charge is 0.455 e. The highest BCUT2D eigenvalue weighted by atomic mass is 32.2. The second kappa shape index (κ2) is 12.6. The van der Waals surface area contributed by atoms with Gasteiger partial charge < -0.3 is 19.7 Å². The number of amides is 1. The number of piperazine rings is 1. The highest BCUT2D eigenvalue weighted by molar-refractivity contribution is 7.98. The fourth-order valence-electron chi connectivity index (χ4n) is 6.06. The Kier molecular flexibility index (Phi) is 8.66. The molecule has 0 unspecified atom stereocenters. The van der Waals surface area contributed by atoms with Gasteiger partial charge in [0.1, 0.15) is 17.1 Å². The molecule has 0 spiro atoms. The molecule has 2 fully saturated rings. The smallest absolute Gasteiger partial charge is 0.265 e. The number of carbonyl (C=O) groups excluding carboxylic acids is 1. The van der Waals surface area contributed by atoms with Crippen molar-refractivity contribution in [1.29, 1.82) is 0 Å². The van der Waals surface area contributed by atoms with Gasteiger partial charge in [0.25, 0.3) is 5.91 Å². The minimum Gasteiger partial charge on any atom is -0.455 e. The summed E-state index contributed by atoms with van der Waals surface area (Å²) in [5.74, 6) is 1.54. The summed E-state index contributed by atoms with van der Waals surface area (Å²) < 4.78 is 9.36. The molecule has 8 nitrogen and oxygen atoms in total. The number of aryl methyl sites for hydroxylation is 2. The van der Waals surface area contributed by atoms with Crippen molar-refractivity contribution in [2.24, 2.45) is 5.92 Å². The van der Waals surface area contributed by atoms with Gasteiger partial charge in [-0.15, -0.1) is 0 Å². The van der Waals surface area contributed by atoms with Crippen LogP contribution >= 0.6 is 11.9 Å². The number of H-pyrrole nitrogens is 1. The number of carbonyl (C=O) groups is 1. The van der Waals surface area contributed by atoms with Crippen LogP contribution in [-0.4, -0.2) is 64.2 Å². The van der Waals surface area contributed by atoms with Gasteiger partial charge in [0.05, 0.1) is 17.4 Å². The van der Waals surface area contributed by atoms with Gasteiger partial charge in [-0.3, -0.25) is 14.4 Å². The van der Waals surface area contributed by atoms with Crippen LogP contribution in [-0.2, 0) is 0 Å². The number of rotatable bonds is 8. The van der Waals surface area contributed by atoms with Crippen molar-refractivity contribution in [1.82, 2.24) is 19.6 Å². The fourth-order valence-corrected chi connectivity index (χ4v) is 6.75. The van der Waals surface area contributed by atoms with Crippen molar-refractivity contribution in [3.8, 4) is 11.5 Å². The highest BCUT2D eigenvalue weighted by Crippen LogP contribution is 2.34. The summed E-state index contributed by atoms with van der Waals surface area (Å²) in [7, 11) is 0. The number of aromatic amines is 1. The molecule has 4 aromatic rings. The van der Waals surface area contributed by atoms with Crippen LogP contribution in [0.3, 0.4) is 0 Å². The Morgan fingerprint density at radius 2 is 1.86 bits per heavy atom. The van der Waals surface area contributed by atoms with E-state index in [0.717, 1.165) is 80.0 Å². The molecular formula is C34H41N5O3S. The van der Waals surface area contributed by atoms with Crippen molar-refractivity contribution >= 4 is 34.6 Å². The second-order valence-electron chi connectivity index (χ2n) is 12.4. The van der Waals surface area contributed by atoms with E-state index >= 15 is 0 Å². The summed E-state index contributed by atoms with van der Waals surface area (Å²) in [6.07, 6.45) is 7.53. The summed E-state index contributed by atoms with van der Waals surface area (Å²) in [6.45, 7) is 11.0. The molecule has 1 saturated carbocycles. The lowest BCUT2D eigenvalue weighted by atomic mass is 9.80. The maximum absolute atomic E-state index is 13.4. The van der Waals surface area contributed by atoms with E-state index in [1.54, 1.807) is 6.20 Å². The second-order valence-corrected chi connectivity index (χ2v) is 13.3. The van der Waals surface area contributed by atoms with E-state index in [4.69, 9.17) is 4.74 Å². The third-order valence-electron chi connectivity index (χ3n) is 8.99. The molecule has 2 aliphatic rings. The molecule has 0 bridgehead atoms. The van der Waals surface area contributed by atoms with Crippen LogP contribution in [0.1, 0.15) is 54.1 Å². The molecule has 1 aliphatic carbocycles. The lowest BCUT2D eigenvalue weighted by Crippen LogP contribution is -2.48. The Morgan fingerprint density at radius 1 is 1.07 bits per heavy atom. The van der Waals surface area contributed by atoms with Gasteiger partial charge in [-0.1, -0.05) is 6.07 Å². The van der Waals surface area contributed by atoms with E-state index in [9.17, 15) is 9.90 Å². The fraction of sp³-hybridized carbons (Fsp3) is 0.412. The summed E-state index contributed by atoms with van der Waals surface area (Å²) in [5, 5.41) is 11.3. The van der Waals surface area contributed by atoms with Crippen LogP contribution in [0.2, 0.25) is 0 Å². The molecule has 0 radical (unpaired) electrons. The molecule has 2 aromatic carbocycles. The molecule has 6 rings (SSSR count). The maximum Gasteiger partial charge on any atom is 0.265 e. The number of pyridine rings is 1. The maximum atomic E-state index is 13.4. The van der Waals surface area contributed by atoms with Gasteiger partial charge in [0, 0.05) is 61.0 Å². The molecule has 9 heteroatoms. The zero-order valence-corrected chi connectivity index (χ0v) is 26.0. The van der Waals surface area contributed by atoms with Crippen molar-refractivity contribution < 1.29 is 14.6 Å². The number of aromatic nitrogens is 2. The average molecular weight is 600 g/mol. The molecule has 2 aromatic heterocycles. The zero-order chi connectivity index (χ0) is 30.0. The van der Waals surface area contributed by atoms with E-state index < -0.39 is 5.60 Å². The Morgan fingerprint density at radius 3 is 2.63 bits per heavy atom. The van der Waals surface area contributed by atoms with Crippen molar-refractivity contribution in [2.75, 3.05) is 37.6 Å². The summed E-state index contributed by atoms with van der Waals surface area (Å²) in [5.41, 5.74) is 4.23. The van der Waals surface area contributed by atoms with Crippen molar-refractivity contribution in [3.05, 3.63) is 77.6 Å². The van der Waals surface area contributed by atoms with E-state index in [1.165, 1.54) is 23.1 Å². The van der Waals surface area contributed by atoms with Crippen LogP contribution in [0, 0.1) is 19.8 Å². The first kappa shape index (κ1) is 29.5. The van der Waals surface area contributed by atoms with Gasteiger partial charge >= 0.3 is 0 Å². The topological polar surface area (TPSA) is 93.7 Å². The first-order valence-electron chi connectivity index (χ1n) is 15.2. The van der Waals surface area contributed by atoms with Crippen molar-refractivity contribution in [3.63, 3.8) is 0 Å². The van der Waals surface area contributed by atoms with Gasteiger partial charge in [-0.05, 0) is 112 Å². The first-order chi connectivity index (χ1) is 20.7. The number of anilines is 1. The number of fused-ring (bicyclic) bond motifs is 1. The molecular weight excluding hydrogens is 558 g/mol. The zero-order valence-electron chi connectivity index (χ0n) is 25.2. The molecule has 1 aliphatic heterocycles. The van der Waals surface area contributed by atoms with E-state index in [-0.39, 0.29) is 5.91 Å². The van der Waals surface area contributed by atoms with Crippen LogP contribution in [0.25, 0.3) is 11.0 Å². The minimum absolute atomic E-state index is 0.211. The Hall–Kier alpha value is -3.53. The van der Waals surface area contributed by atoms with Gasteiger partial charge in [0.2, 0.25) is 0 Å². The van der Waals surface area contributed by atoms with Crippen LogP contribution in [0.4, 0.5) is 5.69 Å².